The van der Waals surface area contributed by atoms with Gasteiger partial charge in [-0.2, -0.15) is 0 Å². The van der Waals surface area contributed by atoms with Gasteiger partial charge < -0.3 is 9.47 Å². The van der Waals surface area contributed by atoms with Crippen LogP contribution in [0.4, 0.5) is 4.79 Å². The maximum Gasteiger partial charge on any atom is 0.509 e. The van der Waals surface area contributed by atoms with Crippen LogP contribution in [0.25, 0.3) is 0 Å². The second-order valence-electron chi connectivity index (χ2n) is 6.39. The third-order valence-electron chi connectivity index (χ3n) is 2.76. The molecule has 0 bridgehead atoms. The van der Waals surface area contributed by atoms with Gasteiger partial charge in [0.1, 0.15) is 11.7 Å². The van der Waals surface area contributed by atoms with E-state index in [1.807, 2.05) is 13.8 Å². The molecule has 0 amide bonds. The van der Waals surface area contributed by atoms with Crippen LogP contribution in [-0.2, 0) is 14.3 Å². The van der Waals surface area contributed by atoms with Gasteiger partial charge in [0, 0.05) is 11.8 Å². The van der Waals surface area contributed by atoms with Gasteiger partial charge >= 0.3 is 6.16 Å². The topological polar surface area (TPSA) is 52.6 Å². The lowest BCUT2D eigenvalue weighted by atomic mass is 9.75. The number of carbonyl (C=O) groups is 2. The number of allylic oxidation sites excluding steroid dienone is 1. The molecule has 0 aromatic heterocycles. The fourth-order valence-electron chi connectivity index (χ4n) is 2.02. The molecule has 1 unspecified atom stereocenters. The molecule has 1 aliphatic carbocycles. The molecular weight excluding hydrogens is 232 g/mol. The van der Waals surface area contributed by atoms with E-state index in [9.17, 15) is 9.59 Å². The predicted octanol–water partition coefficient (Wildman–Crippen LogP) is 3.25. The number of hydrogen-bond donors (Lipinski definition) is 0. The van der Waals surface area contributed by atoms with E-state index in [1.54, 1.807) is 33.8 Å². The molecule has 0 radical (unpaired) electrons. The smallest absolute Gasteiger partial charge is 0.429 e. The minimum absolute atomic E-state index is 0.103. The maximum absolute atomic E-state index is 11.9. The van der Waals surface area contributed by atoms with Crippen LogP contribution in [0.15, 0.2) is 11.6 Å². The Morgan fingerprint density at radius 1 is 1.39 bits per heavy atom. The zero-order valence-corrected chi connectivity index (χ0v) is 12.0. The van der Waals surface area contributed by atoms with Crippen molar-refractivity contribution in [1.29, 1.82) is 0 Å². The van der Waals surface area contributed by atoms with Crippen LogP contribution in [0.5, 0.6) is 0 Å². The number of hydrogen-bond acceptors (Lipinski definition) is 4. The molecule has 0 aliphatic heterocycles. The standard InChI is InChI=1S/C14H22O4/c1-9-7-10(8-14(5,6)11(9)15)17-12(16)18-13(2,3)4/h7,10H,8H2,1-6H3. The highest BCUT2D eigenvalue weighted by Gasteiger charge is 2.37. The lowest BCUT2D eigenvalue weighted by Gasteiger charge is -2.32. The molecule has 0 fully saturated rings. The first kappa shape index (κ1) is 14.7. The Balaban J connectivity index is 2.70. The number of rotatable bonds is 1. The van der Waals surface area contributed by atoms with E-state index in [0.717, 1.165) is 0 Å². The van der Waals surface area contributed by atoms with Crippen molar-refractivity contribution in [1.82, 2.24) is 0 Å². The summed E-state index contributed by atoms with van der Waals surface area (Å²) in [6, 6.07) is 0. The average molecular weight is 254 g/mol. The first-order valence-electron chi connectivity index (χ1n) is 6.14. The van der Waals surface area contributed by atoms with Crippen LogP contribution in [0, 0.1) is 5.41 Å². The third kappa shape index (κ3) is 3.86. The number of ketones is 1. The normalized spacial score (nSPS) is 23.3. The van der Waals surface area contributed by atoms with Gasteiger partial charge in [-0.05, 0) is 39.3 Å². The highest BCUT2D eigenvalue weighted by Crippen LogP contribution is 2.33. The quantitative estimate of drug-likeness (QED) is 0.674. The van der Waals surface area contributed by atoms with Gasteiger partial charge in [-0.3, -0.25) is 4.79 Å². The van der Waals surface area contributed by atoms with E-state index in [4.69, 9.17) is 9.47 Å². The molecule has 4 nitrogen and oxygen atoms in total. The summed E-state index contributed by atoms with van der Waals surface area (Å²) < 4.78 is 10.3. The Morgan fingerprint density at radius 2 is 1.94 bits per heavy atom. The molecule has 0 aromatic rings. The molecular formula is C14H22O4. The van der Waals surface area contributed by atoms with Crippen molar-refractivity contribution >= 4 is 11.9 Å². The fraction of sp³-hybridized carbons (Fsp3) is 0.714. The highest BCUT2D eigenvalue weighted by atomic mass is 16.7. The molecule has 1 aliphatic rings. The van der Waals surface area contributed by atoms with Gasteiger partial charge in [0.05, 0.1) is 0 Å². The zero-order chi connectivity index (χ0) is 14.1. The second kappa shape index (κ2) is 4.75. The lowest BCUT2D eigenvalue weighted by Crippen LogP contribution is -2.37. The monoisotopic (exact) mass is 254 g/mol. The number of Topliss-reactive ketones (excluding diaryl/α,β-unsaturated/α-hetero) is 1. The Bertz CT molecular complexity index is 385. The summed E-state index contributed by atoms with van der Waals surface area (Å²) >= 11 is 0. The summed E-state index contributed by atoms with van der Waals surface area (Å²) in [5.41, 5.74) is -0.429. The van der Waals surface area contributed by atoms with Crippen molar-refractivity contribution in [2.45, 2.75) is 59.7 Å². The number of carbonyl (C=O) groups excluding carboxylic acids is 2. The average Bonchev–Trinajstić information content (AvgIpc) is 2.09. The van der Waals surface area contributed by atoms with E-state index in [-0.39, 0.29) is 5.78 Å². The molecule has 0 N–H and O–H groups in total. The largest absolute Gasteiger partial charge is 0.509 e. The molecule has 0 saturated carbocycles. The zero-order valence-electron chi connectivity index (χ0n) is 12.0. The maximum atomic E-state index is 11.9. The lowest BCUT2D eigenvalue weighted by molar-refractivity contribution is -0.126. The molecule has 0 saturated heterocycles. The van der Waals surface area contributed by atoms with Crippen molar-refractivity contribution in [2.75, 3.05) is 0 Å². The van der Waals surface area contributed by atoms with E-state index in [2.05, 4.69) is 0 Å². The van der Waals surface area contributed by atoms with E-state index in [1.165, 1.54) is 0 Å². The molecule has 0 spiro atoms. The van der Waals surface area contributed by atoms with Crippen LogP contribution < -0.4 is 0 Å². The van der Waals surface area contributed by atoms with Gasteiger partial charge in [-0.15, -0.1) is 0 Å². The van der Waals surface area contributed by atoms with E-state index in [0.29, 0.717) is 12.0 Å². The summed E-state index contributed by atoms with van der Waals surface area (Å²) in [7, 11) is 0. The van der Waals surface area contributed by atoms with Crippen molar-refractivity contribution in [3.05, 3.63) is 11.6 Å². The minimum atomic E-state index is -0.693. The predicted molar refractivity (Wildman–Crippen MR) is 68.3 cm³/mol. The minimum Gasteiger partial charge on any atom is -0.429 e. The Morgan fingerprint density at radius 3 is 2.39 bits per heavy atom. The van der Waals surface area contributed by atoms with E-state index >= 15 is 0 Å². The van der Waals surface area contributed by atoms with Crippen molar-refractivity contribution in [2.24, 2.45) is 5.41 Å². The van der Waals surface area contributed by atoms with Crippen molar-refractivity contribution in [3.8, 4) is 0 Å². The fourth-order valence-corrected chi connectivity index (χ4v) is 2.02. The van der Waals surface area contributed by atoms with Crippen LogP contribution in [0.3, 0.4) is 0 Å². The molecule has 102 valence electrons. The second-order valence-corrected chi connectivity index (χ2v) is 6.39. The Kier molecular flexibility index (Phi) is 3.89. The van der Waals surface area contributed by atoms with Crippen molar-refractivity contribution < 1.29 is 19.1 Å². The Labute approximate surface area is 108 Å². The summed E-state index contributed by atoms with van der Waals surface area (Å²) in [6.07, 6.45) is 1.09. The third-order valence-corrected chi connectivity index (χ3v) is 2.76. The van der Waals surface area contributed by atoms with Gasteiger partial charge in [0.2, 0.25) is 0 Å². The summed E-state index contributed by atoms with van der Waals surface area (Å²) in [5, 5.41) is 0. The molecule has 1 atom stereocenters. The van der Waals surface area contributed by atoms with Gasteiger partial charge in [0.15, 0.2) is 5.78 Å². The Hall–Kier alpha value is -1.32. The van der Waals surface area contributed by atoms with Crippen LogP contribution in [0.1, 0.15) is 48.0 Å². The molecule has 1 rings (SSSR count). The van der Waals surface area contributed by atoms with Crippen LogP contribution in [-0.4, -0.2) is 23.6 Å². The van der Waals surface area contributed by atoms with Crippen LogP contribution >= 0.6 is 0 Å². The SMILES string of the molecule is CC1=CC(OC(=O)OC(C)(C)C)CC(C)(C)C1=O. The van der Waals surface area contributed by atoms with Gasteiger partial charge in [-0.25, -0.2) is 4.79 Å². The molecule has 0 aromatic carbocycles. The van der Waals surface area contributed by atoms with Gasteiger partial charge in [-0.1, -0.05) is 13.8 Å². The van der Waals surface area contributed by atoms with Gasteiger partial charge in [0.25, 0.3) is 0 Å². The van der Waals surface area contributed by atoms with Crippen molar-refractivity contribution in [3.63, 3.8) is 0 Å². The molecule has 0 heterocycles. The molecule has 18 heavy (non-hydrogen) atoms. The molecule has 4 heteroatoms. The first-order chi connectivity index (χ1) is 8.01. The highest BCUT2D eigenvalue weighted by molar-refractivity contribution is 5.99. The number of ether oxygens (including phenoxy) is 2. The summed E-state index contributed by atoms with van der Waals surface area (Å²) in [6.45, 7) is 10.8. The van der Waals surface area contributed by atoms with E-state index < -0.39 is 23.3 Å². The van der Waals surface area contributed by atoms with Crippen LogP contribution in [0.2, 0.25) is 0 Å². The summed E-state index contributed by atoms with van der Waals surface area (Å²) in [5.74, 6) is 0.103. The first-order valence-corrected chi connectivity index (χ1v) is 6.14. The summed E-state index contributed by atoms with van der Waals surface area (Å²) in [4.78, 5) is 23.4.